The summed E-state index contributed by atoms with van der Waals surface area (Å²) in [6.07, 6.45) is 0. The summed E-state index contributed by atoms with van der Waals surface area (Å²) in [5.74, 6) is 0.431. The molecule has 0 aromatic carbocycles. The third-order valence-electron chi connectivity index (χ3n) is 2.17. The molecule has 1 fully saturated rings. The molecule has 1 aliphatic rings. The molecular weight excluding hydrogens is 212 g/mol. The van der Waals surface area contributed by atoms with Crippen LogP contribution in [0.5, 0.6) is 0 Å². The van der Waals surface area contributed by atoms with Crippen molar-refractivity contribution < 1.29 is 4.74 Å². The predicted octanol–water partition coefficient (Wildman–Crippen LogP) is -0.441. The van der Waals surface area contributed by atoms with Crippen LogP contribution in [0.4, 0.5) is 0 Å². The molecule has 0 unspecified atom stereocenters. The molecule has 1 heterocycles. The van der Waals surface area contributed by atoms with Crippen molar-refractivity contribution in [1.29, 1.82) is 5.26 Å². The van der Waals surface area contributed by atoms with Gasteiger partial charge in [0, 0.05) is 20.1 Å². The molecule has 0 spiro atoms. The summed E-state index contributed by atoms with van der Waals surface area (Å²) >= 11 is 4.99. The molecule has 0 aromatic rings. The fraction of sp³-hybridized carbons (Fsp3) is 0.556. The average molecular weight is 226 g/mol. The van der Waals surface area contributed by atoms with E-state index in [0.717, 1.165) is 0 Å². The third-order valence-corrected chi connectivity index (χ3v) is 2.58. The zero-order valence-electron chi connectivity index (χ0n) is 8.62. The van der Waals surface area contributed by atoms with Crippen molar-refractivity contribution in [3.05, 3.63) is 11.4 Å². The molecule has 6 heteroatoms. The minimum absolute atomic E-state index is 0.328. The summed E-state index contributed by atoms with van der Waals surface area (Å²) in [6.45, 7) is 2.66. The summed E-state index contributed by atoms with van der Waals surface area (Å²) in [4.78, 5) is 2.28. The standard InChI is InChI=1S/C9H14N4OS/c1-12-9(15)7(6-10)8(11)13-2-4-14-5-3-13/h2-5,11H2,1H3,(H,12,15)/b8-7-. The lowest BCUT2D eigenvalue weighted by atomic mass is 10.2. The topological polar surface area (TPSA) is 74.3 Å². The number of ether oxygens (including phenoxy) is 1. The lowest BCUT2D eigenvalue weighted by molar-refractivity contribution is 0.0528. The van der Waals surface area contributed by atoms with Crippen LogP contribution >= 0.6 is 12.2 Å². The quantitative estimate of drug-likeness (QED) is 0.378. The normalized spacial score (nSPS) is 17.7. The summed E-state index contributed by atoms with van der Waals surface area (Å²) in [6, 6.07) is 2.02. The first-order valence-corrected chi connectivity index (χ1v) is 5.06. The van der Waals surface area contributed by atoms with Gasteiger partial charge in [0.1, 0.15) is 22.5 Å². The fourth-order valence-corrected chi connectivity index (χ4v) is 1.46. The molecule has 5 nitrogen and oxygen atoms in total. The third kappa shape index (κ3) is 2.81. The van der Waals surface area contributed by atoms with Crippen LogP contribution in [-0.2, 0) is 4.74 Å². The monoisotopic (exact) mass is 226 g/mol. The van der Waals surface area contributed by atoms with Gasteiger partial charge in [-0.3, -0.25) is 0 Å². The maximum absolute atomic E-state index is 8.96. The van der Waals surface area contributed by atoms with Gasteiger partial charge in [-0.1, -0.05) is 12.2 Å². The van der Waals surface area contributed by atoms with Gasteiger partial charge in [-0.15, -0.1) is 0 Å². The molecule has 0 saturated carbocycles. The highest BCUT2D eigenvalue weighted by Gasteiger charge is 2.16. The minimum atomic E-state index is 0.328. The molecular formula is C9H14N4OS. The van der Waals surface area contributed by atoms with E-state index in [1.807, 2.05) is 11.0 Å². The first-order chi connectivity index (χ1) is 7.20. The smallest absolute Gasteiger partial charge is 0.126 e. The van der Waals surface area contributed by atoms with E-state index in [4.69, 9.17) is 28.0 Å². The number of rotatable bonds is 2. The maximum Gasteiger partial charge on any atom is 0.126 e. The molecule has 0 aromatic heterocycles. The van der Waals surface area contributed by atoms with E-state index in [9.17, 15) is 0 Å². The van der Waals surface area contributed by atoms with Crippen LogP contribution in [0.25, 0.3) is 0 Å². The zero-order chi connectivity index (χ0) is 11.3. The van der Waals surface area contributed by atoms with Crippen LogP contribution in [0, 0.1) is 11.3 Å². The van der Waals surface area contributed by atoms with Crippen LogP contribution in [0.2, 0.25) is 0 Å². The van der Waals surface area contributed by atoms with E-state index >= 15 is 0 Å². The molecule has 0 atom stereocenters. The molecule has 1 rings (SSSR count). The molecule has 3 N–H and O–H groups in total. The second-order valence-corrected chi connectivity index (χ2v) is 3.46. The van der Waals surface area contributed by atoms with Gasteiger partial charge >= 0.3 is 0 Å². The lowest BCUT2D eigenvalue weighted by Gasteiger charge is -2.29. The number of morpholine rings is 1. The van der Waals surface area contributed by atoms with E-state index in [2.05, 4.69) is 5.32 Å². The van der Waals surface area contributed by atoms with Gasteiger partial charge in [-0.2, -0.15) is 5.26 Å². The Kier molecular flexibility index (Phi) is 4.34. The zero-order valence-corrected chi connectivity index (χ0v) is 9.43. The summed E-state index contributed by atoms with van der Waals surface area (Å²) in [5, 5.41) is 11.7. The molecule has 0 amide bonds. The molecule has 1 aliphatic heterocycles. The van der Waals surface area contributed by atoms with Gasteiger partial charge in [0.25, 0.3) is 0 Å². The summed E-state index contributed by atoms with van der Waals surface area (Å²) in [7, 11) is 1.67. The first kappa shape index (κ1) is 11.8. The van der Waals surface area contributed by atoms with E-state index in [0.29, 0.717) is 42.7 Å². The number of nitrogens with two attached hydrogens (primary N) is 1. The van der Waals surface area contributed by atoms with Crippen molar-refractivity contribution in [2.45, 2.75) is 0 Å². The maximum atomic E-state index is 8.96. The highest BCUT2D eigenvalue weighted by atomic mass is 32.1. The van der Waals surface area contributed by atoms with E-state index in [-0.39, 0.29) is 0 Å². The molecule has 82 valence electrons. The Bertz CT molecular complexity index is 315. The van der Waals surface area contributed by atoms with Gasteiger partial charge in [0.2, 0.25) is 0 Å². The Morgan fingerprint density at radius 1 is 1.53 bits per heavy atom. The van der Waals surface area contributed by atoms with Crippen molar-refractivity contribution in [1.82, 2.24) is 10.2 Å². The average Bonchev–Trinajstić information content (AvgIpc) is 2.30. The second kappa shape index (κ2) is 5.53. The SMILES string of the molecule is CNC(=S)/C(C#N)=C(/N)N1CCOCC1. The molecule has 0 radical (unpaired) electrons. The lowest BCUT2D eigenvalue weighted by Crippen LogP contribution is -2.40. The highest BCUT2D eigenvalue weighted by Crippen LogP contribution is 2.08. The Morgan fingerprint density at radius 3 is 2.60 bits per heavy atom. The highest BCUT2D eigenvalue weighted by molar-refractivity contribution is 7.80. The Balaban J connectivity index is 2.84. The van der Waals surface area contributed by atoms with Crippen LogP contribution in [0.3, 0.4) is 0 Å². The van der Waals surface area contributed by atoms with Crippen LogP contribution in [-0.4, -0.2) is 43.2 Å². The van der Waals surface area contributed by atoms with Crippen molar-refractivity contribution in [2.75, 3.05) is 33.4 Å². The van der Waals surface area contributed by atoms with Gasteiger partial charge in [-0.05, 0) is 0 Å². The van der Waals surface area contributed by atoms with Gasteiger partial charge in [0.05, 0.1) is 13.2 Å². The number of likely N-dealkylation sites (N-methyl/N-ethyl adjacent to an activating group) is 1. The second-order valence-electron chi connectivity index (χ2n) is 3.05. The first-order valence-electron chi connectivity index (χ1n) is 4.65. The largest absolute Gasteiger partial charge is 0.384 e. The Labute approximate surface area is 94.5 Å². The number of nitrogens with one attached hydrogen (secondary N) is 1. The predicted molar refractivity (Wildman–Crippen MR) is 60.9 cm³/mol. The van der Waals surface area contributed by atoms with Crippen molar-refractivity contribution >= 4 is 17.2 Å². The molecule has 0 aliphatic carbocycles. The molecule has 0 bridgehead atoms. The number of hydrogen-bond acceptors (Lipinski definition) is 5. The fourth-order valence-electron chi connectivity index (χ4n) is 1.31. The van der Waals surface area contributed by atoms with E-state index < -0.39 is 0 Å². The van der Waals surface area contributed by atoms with Crippen molar-refractivity contribution in [3.63, 3.8) is 0 Å². The number of nitrogens with zero attached hydrogens (tertiary/aromatic N) is 2. The van der Waals surface area contributed by atoms with Gasteiger partial charge in [-0.25, -0.2) is 0 Å². The van der Waals surface area contributed by atoms with Crippen LogP contribution in [0.15, 0.2) is 11.4 Å². The number of thiocarbonyl (C=S) groups is 1. The number of nitriles is 1. The minimum Gasteiger partial charge on any atom is -0.384 e. The van der Waals surface area contributed by atoms with E-state index in [1.165, 1.54) is 0 Å². The Hall–Kier alpha value is -1.32. The number of hydrogen-bond donors (Lipinski definition) is 2. The van der Waals surface area contributed by atoms with Crippen LogP contribution < -0.4 is 11.1 Å². The summed E-state index contributed by atoms with van der Waals surface area (Å²) < 4.78 is 5.20. The van der Waals surface area contributed by atoms with Gasteiger partial charge < -0.3 is 20.7 Å². The summed E-state index contributed by atoms with van der Waals surface area (Å²) in [5.41, 5.74) is 6.21. The van der Waals surface area contributed by atoms with Gasteiger partial charge in [0.15, 0.2) is 0 Å². The van der Waals surface area contributed by atoms with Crippen molar-refractivity contribution in [2.24, 2.45) is 5.73 Å². The Morgan fingerprint density at radius 2 is 2.13 bits per heavy atom. The van der Waals surface area contributed by atoms with E-state index in [1.54, 1.807) is 7.05 Å². The molecule has 15 heavy (non-hydrogen) atoms. The van der Waals surface area contributed by atoms with Crippen molar-refractivity contribution in [3.8, 4) is 6.07 Å². The van der Waals surface area contributed by atoms with Crippen LogP contribution in [0.1, 0.15) is 0 Å². The molecule has 1 saturated heterocycles.